The predicted octanol–water partition coefficient (Wildman–Crippen LogP) is 3.63. The first kappa shape index (κ1) is 22.1. The van der Waals surface area contributed by atoms with Crippen LogP contribution in [-0.4, -0.2) is 64.7 Å². The fourth-order valence-electron chi connectivity index (χ4n) is 4.61. The number of likely N-dealkylation sites (tertiary alicyclic amines) is 1. The van der Waals surface area contributed by atoms with Gasteiger partial charge < -0.3 is 10.1 Å². The first-order chi connectivity index (χ1) is 16.7. The van der Waals surface area contributed by atoms with Gasteiger partial charge in [-0.1, -0.05) is 60.7 Å². The Morgan fingerprint density at radius 2 is 1.85 bits per heavy atom. The molecule has 2 amide bonds. The molecule has 0 unspecified atom stereocenters. The van der Waals surface area contributed by atoms with Crippen molar-refractivity contribution in [1.82, 2.24) is 24.6 Å². The maximum Gasteiger partial charge on any atom is 0.320 e. The van der Waals surface area contributed by atoms with E-state index in [4.69, 9.17) is 9.72 Å². The number of methoxy groups -OCH3 is 1. The number of aromatic nitrogens is 3. The number of hydrogen-bond donors (Lipinski definition) is 2. The minimum Gasteiger partial charge on any atom is -0.383 e. The number of hydrogen-bond acceptors (Lipinski definition) is 5. The molecule has 3 heterocycles. The molecule has 5 rings (SSSR count). The van der Waals surface area contributed by atoms with Crippen molar-refractivity contribution in [2.24, 2.45) is 0 Å². The summed E-state index contributed by atoms with van der Waals surface area (Å²) in [6.07, 6.45) is 5.17. The number of anilines is 1. The lowest BCUT2D eigenvalue weighted by atomic mass is 9.94. The predicted molar refractivity (Wildman–Crippen MR) is 132 cm³/mol. The van der Waals surface area contributed by atoms with Gasteiger partial charge in [0.2, 0.25) is 0 Å². The van der Waals surface area contributed by atoms with E-state index in [-0.39, 0.29) is 18.0 Å². The Balaban J connectivity index is 1.39. The van der Waals surface area contributed by atoms with Crippen LogP contribution in [0.5, 0.6) is 0 Å². The van der Waals surface area contributed by atoms with E-state index in [9.17, 15) is 4.79 Å². The number of imidazole rings is 1. The van der Waals surface area contributed by atoms with E-state index in [0.29, 0.717) is 23.8 Å². The minimum absolute atomic E-state index is 0.0275. The zero-order valence-corrected chi connectivity index (χ0v) is 19.1. The summed E-state index contributed by atoms with van der Waals surface area (Å²) < 4.78 is 7.12. The lowest BCUT2D eigenvalue weighted by Gasteiger charge is -2.20. The number of benzene rings is 2. The summed E-state index contributed by atoms with van der Waals surface area (Å²) in [6, 6.07) is 19.9. The summed E-state index contributed by atoms with van der Waals surface area (Å²) in [4.78, 5) is 24.5. The fraction of sp³-hybridized carbons (Fsp3) is 0.269. The Labute approximate surface area is 198 Å². The molecule has 1 aliphatic heterocycles. The van der Waals surface area contributed by atoms with E-state index in [0.717, 1.165) is 25.2 Å². The summed E-state index contributed by atoms with van der Waals surface area (Å²) in [7, 11) is 1.71. The van der Waals surface area contributed by atoms with Gasteiger partial charge in [-0.3, -0.25) is 19.6 Å². The minimum atomic E-state index is -0.254. The summed E-state index contributed by atoms with van der Waals surface area (Å²) in [5.74, 6) is 0.815. The fourth-order valence-corrected chi connectivity index (χ4v) is 4.61. The number of nitrogens with zero attached hydrogens (tertiary/aromatic N) is 4. The van der Waals surface area contributed by atoms with Gasteiger partial charge >= 0.3 is 6.03 Å². The first-order valence-corrected chi connectivity index (χ1v) is 11.4. The molecule has 0 saturated carbocycles. The zero-order chi connectivity index (χ0) is 23.3. The number of nitrogens with one attached hydrogen (secondary N) is 2. The van der Waals surface area contributed by atoms with Crippen LogP contribution in [0, 0.1) is 0 Å². The van der Waals surface area contributed by atoms with Gasteiger partial charge in [-0.2, -0.15) is 0 Å². The van der Waals surface area contributed by atoms with Crippen molar-refractivity contribution in [3.05, 3.63) is 84.8 Å². The molecule has 4 aromatic rings. The number of rotatable bonds is 7. The Kier molecular flexibility index (Phi) is 6.51. The molecule has 174 valence electrons. The van der Waals surface area contributed by atoms with Crippen LogP contribution in [0.1, 0.15) is 11.5 Å². The topological polar surface area (TPSA) is 83.8 Å². The number of ether oxygens (including phenoxy) is 1. The average molecular weight is 457 g/mol. The molecule has 8 nitrogen and oxygen atoms in total. The Morgan fingerprint density at radius 3 is 2.62 bits per heavy atom. The van der Waals surface area contributed by atoms with Crippen molar-refractivity contribution in [2.75, 3.05) is 38.7 Å². The molecular weight excluding hydrogens is 428 g/mol. The van der Waals surface area contributed by atoms with Crippen molar-refractivity contribution >= 4 is 17.5 Å². The third kappa shape index (κ3) is 4.64. The van der Waals surface area contributed by atoms with Crippen LogP contribution >= 0.6 is 0 Å². The van der Waals surface area contributed by atoms with Crippen molar-refractivity contribution < 1.29 is 9.53 Å². The van der Waals surface area contributed by atoms with Crippen molar-refractivity contribution in [1.29, 1.82) is 0 Å². The van der Waals surface area contributed by atoms with Gasteiger partial charge in [-0.15, -0.1) is 0 Å². The van der Waals surface area contributed by atoms with Crippen LogP contribution in [0.4, 0.5) is 10.6 Å². The largest absolute Gasteiger partial charge is 0.383 e. The highest BCUT2D eigenvalue weighted by Crippen LogP contribution is 2.30. The maximum absolute atomic E-state index is 13.3. The molecule has 34 heavy (non-hydrogen) atoms. The lowest BCUT2D eigenvalue weighted by molar-refractivity contribution is 0.159. The molecule has 1 aliphatic rings. The van der Waals surface area contributed by atoms with Gasteiger partial charge in [0.15, 0.2) is 5.65 Å². The highest BCUT2D eigenvalue weighted by Gasteiger charge is 2.34. The van der Waals surface area contributed by atoms with Crippen molar-refractivity contribution in [3.63, 3.8) is 0 Å². The van der Waals surface area contributed by atoms with Gasteiger partial charge in [-0.05, 0) is 5.56 Å². The molecule has 0 bridgehead atoms. The van der Waals surface area contributed by atoms with Crippen LogP contribution in [0.15, 0.2) is 79.3 Å². The van der Waals surface area contributed by atoms with Crippen LogP contribution in [0.2, 0.25) is 0 Å². The molecule has 1 saturated heterocycles. The molecule has 8 heteroatoms. The van der Waals surface area contributed by atoms with E-state index in [1.54, 1.807) is 25.7 Å². The summed E-state index contributed by atoms with van der Waals surface area (Å²) in [6.45, 7) is 3.13. The Hall–Kier alpha value is -3.75. The molecule has 1 fully saturated rings. The smallest absolute Gasteiger partial charge is 0.320 e. The molecule has 0 spiro atoms. The average Bonchev–Trinajstić information content (AvgIpc) is 3.45. The molecule has 2 N–H and O–H groups in total. The van der Waals surface area contributed by atoms with Crippen LogP contribution in [0.25, 0.3) is 16.9 Å². The van der Waals surface area contributed by atoms with Gasteiger partial charge in [0, 0.05) is 50.6 Å². The summed E-state index contributed by atoms with van der Waals surface area (Å²) in [5, 5.41) is 6.29. The van der Waals surface area contributed by atoms with Crippen LogP contribution in [0.3, 0.4) is 0 Å². The van der Waals surface area contributed by atoms with Crippen molar-refractivity contribution in [2.45, 2.75) is 12.0 Å². The van der Waals surface area contributed by atoms with E-state index in [1.807, 2.05) is 52.9 Å². The highest BCUT2D eigenvalue weighted by atomic mass is 16.5. The third-order valence-electron chi connectivity index (χ3n) is 6.26. The number of carbonyl (C=O) groups is 1. The Bertz CT molecular complexity index is 1240. The van der Waals surface area contributed by atoms with Gasteiger partial charge in [0.1, 0.15) is 11.5 Å². The molecule has 2 aromatic heterocycles. The lowest BCUT2D eigenvalue weighted by Crippen LogP contribution is -2.42. The molecule has 2 aromatic carbocycles. The van der Waals surface area contributed by atoms with Crippen molar-refractivity contribution in [3.8, 4) is 11.3 Å². The second-order valence-corrected chi connectivity index (χ2v) is 8.45. The standard InChI is InChI=1S/C26H28N6O2/c1-34-15-14-31-17-21(19-8-4-2-5-9-19)22(18-31)28-26(33)30-25-24(20-10-6-3-7-11-20)29-23-16-27-12-13-32(23)25/h2-13,16,21-22H,14-15,17-18H2,1H3,(H2,28,30,33)/t21-,22+/m0/s1. The zero-order valence-electron chi connectivity index (χ0n) is 19.1. The second-order valence-electron chi connectivity index (χ2n) is 8.45. The van der Waals surface area contributed by atoms with Crippen LogP contribution in [-0.2, 0) is 4.74 Å². The van der Waals surface area contributed by atoms with E-state index in [1.165, 1.54) is 5.56 Å². The van der Waals surface area contributed by atoms with E-state index >= 15 is 0 Å². The maximum atomic E-state index is 13.3. The molecule has 0 radical (unpaired) electrons. The van der Waals surface area contributed by atoms with Gasteiger partial charge in [0.05, 0.1) is 18.8 Å². The number of carbonyl (C=O) groups excluding carboxylic acids is 1. The highest BCUT2D eigenvalue weighted by molar-refractivity contribution is 5.93. The van der Waals surface area contributed by atoms with E-state index < -0.39 is 0 Å². The van der Waals surface area contributed by atoms with Gasteiger partial charge in [0.25, 0.3) is 0 Å². The molecule has 0 aliphatic carbocycles. The number of fused-ring (bicyclic) bond motifs is 1. The van der Waals surface area contributed by atoms with Crippen LogP contribution < -0.4 is 10.6 Å². The van der Waals surface area contributed by atoms with Gasteiger partial charge in [-0.25, -0.2) is 9.78 Å². The summed E-state index contributed by atoms with van der Waals surface area (Å²) >= 11 is 0. The molecule has 2 atom stereocenters. The Morgan fingerprint density at radius 1 is 1.09 bits per heavy atom. The normalized spacial score (nSPS) is 18.3. The number of amides is 2. The molecular formula is C26H28N6O2. The monoisotopic (exact) mass is 456 g/mol. The SMILES string of the molecule is COCCN1C[C@@H](NC(=O)Nc2c(-c3ccccc3)nc3cnccn23)[C@H](c2ccccc2)C1. The quantitative estimate of drug-likeness (QED) is 0.444. The first-order valence-electron chi connectivity index (χ1n) is 11.4. The van der Waals surface area contributed by atoms with E-state index in [2.05, 4.69) is 32.7 Å². The number of urea groups is 1. The second kappa shape index (κ2) is 10.0. The summed E-state index contributed by atoms with van der Waals surface area (Å²) in [5.41, 5.74) is 3.52. The third-order valence-corrected chi connectivity index (χ3v) is 6.26.